The summed E-state index contributed by atoms with van der Waals surface area (Å²) < 4.78 is 7.08. The van der Waals surface area contributed by atoms with Gasteiger partial charge in [-0.3, -0.25) is 4.79 Å². The summed E-state index contributed by atoms with van der Waals surface area (Å²) >= 11 is 1.58. The third kappa shape index (κ3) is 4.55. The Labute approximate surface area is 173 Å². The van der Waals surface area contributed by atoms with Crippen LogP contribution in [0.3, 0.4) is 0 Å². The summed E-state index contributed by atoms with van der Waals surface area (Å²) in [4.78, 5) is 17.2. The van der Waals surface area contributed by atoms with Gasteiger partial charge in [-0.1, -0.05) is 42.5 Å². The van der Waals surface area contributed by atoms with E-state index in [9.17, 15) is 4.79 Å². The average Bonchev–Trinajstić information content (AvgIpc) is 3.43. The van der Waals surface area contributed by atoms with Gasteiger partial charge in [-0.2, -0.15) is 0 Å². The summed E-state index contributed by atoms with van der Waals surface area (Å²) in [6, 6.07) is 21.7. The Morgan fingerprint density at radius 3 is 2.62 bits per heavy atom. The van der Waals surface area contributed by atoms with Gasteiger partial charge in [0.1, 0.15) is 17.3 Å². The molecule has 2 heterocycles. The van der Waals surface area contributed by atoms with Crippen LogP contribution in [0.25, 0.3) is 22.0 Å². The third-order valence-corrected chi connectivity index (χ3v) is 5.45. The van der Waals surface area contributed by atoms with E-state index in [0.29, 0.717) is 6.54 Å². The van der Waals surface area contributed by atoms with Gasteiger partial charge in [0, 0.05) is 23.7 Å². The number of carbonyl (C=O) groups excluding carboxylic acids is 1. The van der Waals surface area contributed by atoms with Crippen molar-refractivity contribution in [2.24, 2.45) is 0 Å². The number of benzene rings is 2. The second-order valence-corrected chi connectivity index (χ2v) is 7.41. The smallest absolute Gasteiger partial charge is 0.240 e. The molecule has 146 valence electrons. The number of hydrogen-bond acceptors (Lipinski definition) is 4. The van der Waals surface area contributed by atoms with Gasteiger partial charge in [0.05, 0.1) is 18.5 Å². The second kappa shape index (κ2) is 8.75. The first kappa shape index (κ1) is 19.0. The van der Waals surface area contributed by atoms with Crippen LogP contribution in [0.1, 0.15) is 5.56 Å². The molecule has 0 saturated heterocycles. The molecule has 2 aromatic heterocycles. The summed E-state index contributed by atoms with van der Waals surface area (Å²) in [5, 5.41) is 5.91. The molecular weight excluding hydrogens is 382 g/mol. The maximum atomic E-state index is 12.4. The second-order valence-electron chi connectivity index (χ2n) is 6.55. The molecule has 6 heteroatoms. The van der Waals surface area contributed by atoms with Gasteiger partial charge in [0.2, 0.25) is 5.91 Å². The third-order valence-electron chi connectivity index (χ3n) is 4.59. The standard InChI is InChI=1S/C23H21N3O2S/c1-28-19-11-9-17(10-12-19)14-24-22(27)15-26-13-5-8-21(26)23-25-20(16-29-23)18-6-3-2-4-7-18/h2-13,16H,14-15H2,1H3,(H,24,27). The topological polar surface area (TPSA) is 56.1 Å². The molecule has 5 nitrogen and oxygen atoms in total. The molecule has 0 radical (unpaired) electrons. The highest BCUT2D eigenvalue weighted by Gasteiger charge is 2.12. The first-order valence-corrected chi connectivity index (χ1v) is 10.2. The van der Waals surface area contributed by atoms with Gasteiger partial charge < -0.3 is 14.6 Å². The van der Waals surface area contributed by atoms with E-state index in [0.717, 1.165) is 33.3 Å². The SMILES string of the molecule is COc1ccc(CNC(=O)Cn2cccc2-c2nc(-c3ccccc3)cs2)cc1. The normalized spacial score (nSPS) is 10.7. The van der Waals surface area contributed by atoms with E-state index in [1.165, 1.54) is 0 Å². The molecule has 2 aromatic carbocycles. The molecule has 0 aliphatic carbocycles. The minimum atomic E-state index is -0.0434. The maximum absolute atomic E-state index is 12.4. The molecule has 1 amide bonds. The Morgan fingerprint density at radius 1 is 1.07 bits per heavy atom. The highest BCUT2D eigenvalue weighted by Crippen LogP contribution is 2.29. The number of aromatic nitrogens is 2. The van der Waals surface area contributed by atoms with Crippen LogP contribution < -0.4 is 10.1 Å². The summed E-state index contributed by atoms with van der Waals surface area (Å²) in [6.45, 7) is 0.730. The monoisotopic (exact) mass is 403 g/mol. The Morgan fingerprint density at radius 2 is 1.86 bits per heavy atom. The molecule has 0 fully saturated rings. The molecule has 0 aliphatic rings. The minimum Gasteiger partial charge on any atom is -0.497 e. The van der Waals surface area contributed by atoms with Crippen LogP contribution >= 0.6 is 11.3 Å². The highest BCUT2D eigenvalue weighted by atomic mass is 32.1. The number of nitrogens with zero attached hydrogens (tertiary/aromatic N) is 2. The number of thiazole rings is 1. The predicted molar refractivity (Wildman–Crippen MR) is 116 cm³/mol. The molecule has 0 aliphatic heterocycles. The van der Waals surface area contributed by atoms with Crippen molar-refractivity contribution in [1.82, 2.24) is 14.9 Å². The van der Waals surface area contributed by atoms with Crippen molar-refractivity contribution in [2.45, 2.75) is 13.1 Å². The molecule has 0 saturated carbocycles. The van der Waals surface area contributed by atoms with E-state index in [1.54, 1.807) is 18.4 Å². The Kier molecular flexibility index (Phi) is 5.72. The fourth-order valence-electron chi connectivity index (χ4n) is 3.03. The van der Waals surface area contributed by atoms with Crippen molar-refractivity contribution in [3.05, 3.63) is 83.9 Å². The number of hydrogen-bond donors (Lipinski definition) is 1. The van der Waals surface area contributed by atoms with E-state index < -0.39 is 0 Å². The van der Waals surface area contributed by atoms with Crippen LogP contribution in [-0.2, 0) is 17.9 Å². The van der Waals surface area contributed by atoms with Gasteiger partial charge in [-0.05, 0) is 29.8 Å². The minimum absolute atomic E-state index is 0.0434. The largest absolute Gasteiger partial charge is 0.497 e. The molecule has 29 heavy (non-hydrogen) atoms. The average molecular weight is 404 g/mol. The van der Waals surface area contributed by atoms with Crippen LogP contribution in [0.2, 0.25) is 0 Å². The Bertz CT molecular complexity index is 1080. The molecule has 0 spiro atoms. The lowest BCUT2D eigenvalue weighted by Crippen LogP contribution is -2.27. The molecule has 4 aromatic rings. The molecule has 0 bridgehead atoms. The Hall–Kier alpha value is -3.38. The summed E-state index contributed by atoms with van der Waals surface area (Å²) in [5.41, 5.74) is 4.00. The zero-order chi connectivity index (χ0) is 20.1. The molecule has 1 N–H and O–H groups in total. The maximum Gasteiger partial charge on any atom is 0.240 e. The van der Waals surface area contributed by atoms with Gasteiger partial charge in [-0.25, -0.2) is 4.98 Å². The van der Waals surface area contributed by atoms with Crippen molar-refractivity contribution in [2.75, 3.05) is 7.11 Å². The fraction of sp³-hybridized carbons (Fsp3) is 0.130. The van der Waals surface area contributed by atoms with Gasteiger partial charge in [-0.15, -0.1) is 11.3 Å². The summed E-state index contributed by atoms with van der Waals surface area (Å²) in [6.07, 6.45) is 1.91. The van der Waals surface area contributed by atoms with Gasteiger partial charge in [0.15, 0.2) is 0 Å². The van der Waals surface area contributed by atoms with Crippen LogP contribution in [0.5, 0.6) is 5.75 Å². The number of carbonyl (C=O) groups is 1. The van der Waals surface area contributed by atoms with Crippen LogP contribution in [0, 0.1) is 0 Å². The summed E-state index contributed by atoms with van der Waals surface area (Å²) in [5.74, 6) is 0.758. The number of amides is 1. The van der Waals surface area contributed by atoms with Crippen LogP contribution in [0.4, 0.5) is 0 Å². The lowest BCUT2D eigenvalue weighted by atomic mass is 10.2. The zero-order valence-electron chi connectivity index (χ0n) is 16.0. The first-order valence-electron chi connectivity index (χ1n) is 9.29. The van der Waals surface area contributed by atoms with E-state index in [4.69, 9.17) is 9.72 Å². The van der Waals surface area contributed by atoms with E-state index >= 15 is 0 Å². The van der Waals surface area contributed by atoms with Crippen molar-refractivity contribution < 1.29 is 9.53 Å². The van der Waals surface area contributed by atoms with E-state index in [1.807, 2.05) is 82.9 Å². The quantitative estimate of drug-likeness (QED) is 0.490. The van der Waals surface area contributed by atoms with Crippen molar-refractivity contribution >= 4 is 17.2 Å². The fourth-order valence-corrected chi connectivity index (χ4v) is 3.90. The lowest BCUT2D eigenvalue weighted by molar-refractivity contribution is -0.121. The molecule has 0 unspecified atom stereocenters. The number of rotatable bonds is 7. The molecule has 0 atom stereocenters. The Balaban J connectivity index is 1.41. The van der Waals surface area contributed by atoms with Crippen LogP contribution in [0.15, 0.2) is 78.3 Å². The zero-order valence-corrected chi connectivity index (χ0v) is 16.9. The number of nitrogens with one attached hydrogen (secondary N) is 1. The molecular formula is C23H21N3O2S. The number of methoxy groups -OCH3 is 1. The highest BCUT2D eigenvalue weighted by molar-refractivity contribution is 7.13. The number of ether oxygens (including phenoxy) is 1. The van der Waals surface area contributed by atoms with E-state index in [2.05, 4.69) is 5.32 Å². The van der Waals surface area contributed by atoms with Gasteiger partial charge in [0.25, 0.3) is 0 Å². The van der Waals surface area contributed by atoms with E-state index in [-0.39, 0.29) is 12.5 Å². The van der Waals surface area contributed by atoms with Crippen molar-refractivity contribution in [3.8, 4) is 27.7 Å². The molecule has 4 rings (SSSR count). The first-order chi connectivity index (χ1) is 14.2. The van der Waals surface area contributed by atoms with Crippen LogP contribution in [-0.4, -0.2) is 22.6 Å². The van der Waals surface area contributed by atoms with Crippen molar-refractivity contribution in [3.63, 3.8) is 0 Å². The predicted octanol–water partition coefficient (Wildman–Crippen LogP) is 4.60. The van der Waals surface area contributed by atoms with Gasteiger partial charge >= 0.3 is 0 Å². The van der Waals surface area contributed by atoms with Crippen molar-refractivity contribution in [1.29, 1.82) is 0 Å². The summed E-state index contributed by atoms with van der Waals surface area (Å²) in [7, 11) is 1.64. The lowest BCUT2D eigenvalue weighted by Gasteiger charge is -2.09.